The number of fused-ring (bicyclic) bond motifs is 1. The summed E-state index contributed by atoms with van der Waals surface area (Å²) in [5.74, 6) is 0.999. The van der Waals surface area contributed by atoms with E-state index < -0.39 is 0 Å². The van der Waals surface area contributed by atoms with Gasteiger partial charge in [-0.25, -0.2) is 0 Å². The van der Waals surface area contributed by atoms with Gasteiger partial charge >= 0.3 is 0 Å². The highest BCUT2D eigenvalue weighted by Crippen LogP contribution is 2.26. The normalized spacial score (nSPS) is 28.7. The maximum absolute atomic E-state index is 4.81. The Balaban J connectivity index is 1.95. The first-order valence-corrected chi connectivity index (χ1v) is 5.93. The zero-order chi connectivity index (χ0) is 12.2. The summed E-state index contributed by atoms with van der Waals surface area (Å²) >= 11 is 0. The van der Waals surface area contributed by atoms with Crippen LogP contribution in [0.15, 0.2) is 4.99 Å². The standard InChI is InChI=1S/C11H18N6/c1-7-10(13-14-17(7)4)11-12-8-5-15(2)6-9(8)16(11)3/h8-9H,5-6H2,1-4H3. The molecule has 1 fully saturated rings. The maximum Gasteiger partial charge on any atom is 0.154 e. The number of amidine groups is 1. The van der Waals surface area contributed by atoms with Crippen molar-refractivity contribution in [1.29, 1.82) is 0 Å². The van der Waals surface area contributed by atoms with Gasteiger partial charge in [0, 0.05) is 27.2 Å². The number of likely N-dealkylation sites (tertiary alicyclic amines) is 1. The molecule has 0 radical (unpaired) electrons. The number of nitrogens with zero attached hydrogens (tertiary/aromatic N) is 6. The van der Waals surface area contributed by atoms with Crippen molar-refractivity contribution in [3.63, 3.8) is 0 Å². The molecule has 0 amide bonds. The zero-order valence-electron chi connectivity index (χ0n) is 10.8. The lowest BCUT2D eigenvalue weighted by Gasteiger charge is -2.21. The van der Waals surface area contributed by atoms with Crippen molar-refractivity contribution < 1.29 is 0 Å². The highest BCUT2D eigenvalue weighted by Gasteiger charge is 2.41. The van der Waals surface area contributed by atoms with E-state index >= 15 is 0 Å². The third kappa shape index (κ3) is 1.47. The predicted molar refractivity (Wildman–Crippen MR) is 65.1 cm³/mol. The average Bonchev–Trinajstić information content (AvgIpc) is 2.88. The van der Waals surface area contributed by atoms with Crippen molar-refractivity contribution in [2.75, 3.05) is 27.2 Å². The minimum Gasteiger partial charge on any atom is -0.352 e. The minimum atomic E-state index is 0.390. The van der Waals surface area contributed by atoms with Crippen LogP contribution in [0, 0.1) is 6.92 Å². The maximum atomic E-state index is 4.81. The number of aliphatic imine (C=N–C) groups is 1. The van der Waals surface area contributed by atoms with E-state index in [4.69, 9.17) is 4.99 Å². The number of hydrogen-bond acceptors (Lipinski definition) is 5. The third-order valence-electron chi connectivity index (χ3n) is 3.88. The Hall–Kier alpha value is -1.43. The summed E-state index contributed by atoms with van der Waals surface area (Å²) in [4.78, 5) is 9.40. The number of likely N-dealkylation sites (N-methyl/N-ethyl adjacent to an activating group) is 2. The van der Waals surface area contributed by atoms with Crippen LogP contribution in [0.3, 0.4) is 0 Å². The lowest BCUT2D eigenvalue weighted by atomic mass is 10.2. The van der Waals surface area contributed by atoms with Gasteiger partial charge in [0.1, 0.15) is 0 Å². The first-order chi connectivity index (χ1) is 8.08. The zero-order valence-corrected chi connectivity index (χ0v) is 10.8. The lowest BCUT2D eigenvalue weighted by Crippen LogP contribution is -2.37. The van der Waals surface area contributed by atoms with E-state index in [-0.39, 0.29) is 0 Å². The Bertz CT molecular complexity index is 476. The predicted octanol–water partition coefficient (Wildman–Crippen LogP) is -0.502. The lowest BCUT2D eigenvalue weighted by molar-refractivity contribution is 0.349. The molecule has 2 aliphatic rings. The van der Waals surface area contributed by atoms with Gasteiger partial charge in [-0.2, -0.15) is 0 Å². The smallest absolute Gasteiger partial charge is 0.154 e. The fourth-order valence-corrected chi connectivity index (χ4v) is 2.71. The Kier molecular flexibility index (Phi) is 2.22. The SMILES string of the molecule is Cc1c(C2=NC3CN(C)CC3N2C)nnn1C. The topological polar surface area (TPSA) is 49.6 Å². The molecule has 0 aromatic carbocycles. The van der Waals surface area contributed by atoms with E-state index in [1.165, 1.54) is 0 Å². The molecule has 0 saturated carbocycles. The molecule has 3 heterocycles. The van der Waals surface area contributed by atoms with Gasteiger partial charge < -0.3 is 9.80 Å². The van der Waals surface area contributed by atoms with Gasteiger partial charge in [0.05, 0.1) is 17.8 Å². The molecule has 1 aromatic heterocycles. The molecule has 0 spiro atoms. The molecule has 0 N–H and O–H groups in total. The molecule has 2 atom stereocenters. The molecule has 3 rings (SSSR count). The van der Waals surface area contributed by atoms with Crippen LogP contribution >= 0.6 is 0 Å². The molecule has 0 aliphatic carbocycles. The average molecular weight is 234 g/mol. The summed E-state index contributed by atoms with van der Waals surface area (Å²) in [5, 5.41) is 8.27. The Morgan fingerprint density at radius 3 is 2.53 bits per heavy atom. The van der Waals surface area contributed by atoms with E-state index in [9.17, 15) is 0 Å². The minimum absolute atomic E-state index is 0.390. The van der Waals surface area contributed by atoms with Gasteiger partial charge in [0.15, 0.2) is 11.5 Å². The summed E-state index contributed by atoms with van der Waals surface area (Å²) < 4.78 is 1.80. The fraction of sp³-hybridized carbons (Fsp3) is 0.727. The van der Waals surface area contributed by atoms with Gasteiger partial charge in [-0.15, -0.1) is 5.10 Å². The Labute approximate surface area is 101 Å². The number of hydrogen-bond donors (Lipinski definition) is 0. The summed E-state index contributed by atoms with van der Waals surface area (Å²) in [7, 11) is 6.17. The van der Waals surface area contributed by atoms with Gasteiger partial charge in [-0.3, -0.25) is 9.67 Å². The number of rotatable bonds is 1. The molecule has 2 aliphatic heterocycles. The molecule has 17 heavy (non-hydrogen) atoms. The molecule has 92 valence electrons. The number of aromatic nitrogens is 3. The summed E-state index contributed by atoms with van der Waals surface area (Å²) in [6.45, 7) is 4.15. The van der Waals surface area contributed by atoms with Crippen molar-refractivity contribution in [2.45, 2.75) is 19.0 Å². The second-order valence-electron chi connectivity index (χ2n) is 5.07. The van der Waals surface area contributed by atoms with Gasteiger partial charge in [0.2, 0.25) is 0 Å². The quantitative estimate of drug-likeness (QED) is 0.657. The summed E-state index contributed by atoms with van der Waals surface area (Å²) in [6.07, 6.45) is 0. The fourth-order valence-electron chi connectivity index (χ4n) is 2.71. The summed E-state index contributed by atoms with van der Waals surface area (Å²) in [6, 6.07) is 0.887. The second kappa shape index (κ2) is 3.53. The first kappa shape index (κ1) is 10.7. The van der Waals surface area contributed by atoms with E-state index in [1.54, 1.807) is 4.68 Å². The van der Waals surface area contributed by atoms with E-state index in [0.29, 0.717) is 12.1 Å². The van der Waals surface area contributed by atoms with Gasteiger partial charge in [-0.05, 0) is 14.0 Å². The third-order valence-corrected chi connectivity index (χ3v) is 3.88. The van der Waals surface area contributed by atoms with Crippen molar-refractivity contribution in [1.82, 2.24) is 24.8 Å². The van der Waals surface area contributed by atoms with Crippen LogP contribution in [-0.2, 0) is 7.05 Å². The molecule has 1 aromatic rings. The summed E-state index contributed by atoms with van der Waals surface area (Å²) in [5.41, 5.74) is 2.00. The van der Waals surface area contributed by atoms with Crippen LogP contribution < -0.4 is 0 Å². The number of aryl methyl sites for hydroxylation is 1. The van der Waals surface area contributed by atoms with Crippen LogP contribution in [0.4, 0.5) is 0 Å². The monoisotopic (exact) mass is 234 g/mol. The largest absolute Gasteiger partial charge is 0.352 e. The van der Waals surface area contributed by atoms with Crippen molar-refractivity contribution in [2.24, 2.45) is 12.0 Å². The highest BCUT2D eigenvalue weighted by molar-refractivity contribution is 5.99. The molecule has 1 saturated heterocycles. The van der Waals surface area contributed by atoms with Gasteiger partial charge in [0.25, 0.3) is 0 Å². The second-order valence-corrected chi connectivity index (χ2v) is 5.07. The van der Waals surface area contributed by atoms with Crippen molar-refractivity contribution in [3.05, 3.63) is 11.4 Å². The Morgan fingerprint density at radius 1 is 1.18 bits per heavy atom. The first-order valence-electron chi connectivity index (χ1n) is 5.93. The van der Waals surface area contributed by atoms with Crippen molar-refractivity contribution >= 4 is 5.84 Å². The van der Waals surface area contributed by atoms with Crippen molar-refractivity contribution in [3.8, 4) is 0 Å². The molecular weight excluding hydrogens is 216 g/mol. The van der Waals surface area contributed by atoms with E-state index in [1.807, 2.05) is 14.0 Å². The van der Waals surface area contributed by atoms with Crippen LogP contribution in [0.5, 0.6) is 0 Å². The van der Waals surface area contributed by atoms with Crippen LogP contribution in [-0.4, -0.2) is 69.9 Å². The van der Waals surface area contributed by atoms with E-state index in [0.717, 1.165) is 30.3 Å². The Morgan fingerprint density at radius 2 is 1.94 bits per heavy atom. The molecule has 6 heteroatoms. The molecule has 2 unspecified atom stereocenters. The highest BCUT2D eigenvalue weighted by atomic mass is 15.4. The molecule has 0 bridgehead atoms. The van der Waals surface area contributed by atoms with Crippen LogP contribution in [0.1, 0.15) is 11.4 Å². The van der Waals surface area contributed by atoms with Crippen LogP contribution in [0.2, 0.25) is 0 Å². The van der Waals surface area contributed by atoms with Gasteiger partial charge in [-0.1, -0.05) is 5.21 Å². The van der Waals surface area contributed by atoms with E-state index in [2.05, 4.69) is 34.2 Å². The van der Waals surface area contributed by atoms with Crippen LogP contribution in [0.25, 0.3) is 0 Å². The molecule has 6 nitrogen and oxygen atoms in total. The molecular formula is C11H18N6.